The van der Waals surface area contributed by atoms with Crippen LogP contribution in [0.15, 0.2) is 36.4 Å². The Labute approximate surface area is 146 Å². The van der Waals surface area contributed by atoms with E-state index in [0.717, 1.165) is 24.3 Å². The lowest BCUT2D eigenvalue weighted by Gasteiger charge is -2.31. The second-order valence-corrected chi connectivity index (χ2v) is 7.41. The van der Waals surface area contributed by atoms with Crippen LogP contribution in [0.2, 0.25) is 0 Å². The molecule has 1 aromatic carbocycles. The van der Waals surface area contributed by atoms with Gasteiger partial charge in [0.05, 0.1) is 12.6 Å². The Bertz CT molecular complexity index is 695. The molecule has 24 heavy (non-hydrogen) atoms. The number of hydrogen-bond acceptors (Lipinski definition) is 4. The van der Waals surface area contributed by atoms with Crippen LogP contribution < -0.4 is 4.74 Å². The van der Waals surface area contributed by atoms with Crippen LogP contribution in [0.25, 0.3) is 0 Å². The van der Waals surface area contributed by atoms with Gasteiger partial charge in [-0.2, -0.15) is 0 Å². The van der Waals surface area contributed by atoms with Gasteiger partial charge in [0.25, 0.3) is 0 Å². The number of benzene rings is 1. The normalized spacial score (nSPS) is 19.3. The first-order chi connectivity index (χ1) is 11.6. The molecule has 0 radical (unpaired) electrons. The first-order valence-electron chi connectivity index (χ1n) is 8.37. The first-order valence-corrected chi connectivity index (χ1v) is 9.19. The number of rotatable bonds is 6. The fourth-order valence-electron chi connectivity index (χ4n) is 3.40. The van der Waals surface area contributed by atoms with Crippen LogP contribution in [0.4, 0.5) is 0 Å². The summed E-state index contributed by atoms with van der Waals surface area (Å²) in [5, 5.41) is 9.59. The molecular weight excluding hydrogens is 322 g/mol. The van der Waals surface area contributed by atoms with Gasteiger partial charge in [0.1, 0.15) is 11.8 Å². The van der Waals surface area contributed by atoms with Gasteiger partial charge >= 0.3 is 5.97 Å². The number of aryl methyl sites for hydroxylation is 1. The number of hydrogen-bond donors (Lipinski definition) is 1. The summed E-state index contributed by atoms with van der Waals surface area (Å²) < 4.78 is 5.53. The fraction of sp³-hybridized carbons (Fsp3) is 0.421. The largest absolute Gasteiger partial charge is 0.494 e. The van der Waals surface area contributed by atoms with Gasteiger partial charge in [-0.05, 0) is 56.5 Å². The molecule has 2 atom stereocenters. The van der Waals surface area contributed by atoms with Crippen molar-refractivity contribution in [3.63, 3.8) is 0 Å². The number of nitrogens with zero attached hydrogens (tertiary/aromatic N) is 1. The first kappa shape index (κ1) is 17.0. The summed E-state index contributed by atoms with van der Waals surface area (Å²) in [6.07, 6.45) is 1.64. The van der Waals surface area contributed by atoms with Crippen molar-refractivity contribution < 1.29 is 14.6 Å². The third-order valence-corrected chi connectivity index (χ3v) is 5.50. The van der Waals surface area contributed by atoms with E-state index in [9.17, 15) is 9.90 Å². The maximum Gasteiger partial charge on any atom is 0.320 e. The Hall–Kier alpha value is -1.85. The summed E-state index contributed by atoms with van der Waals surface area (Å²) in [5.41, 5.74) is 1.12. The van der Waals surface area contributed by atoms with Gasteiger partial charge in [-0.1, -0.05) is 12.1 Å². The highest BCUT2D eigenvalue weighted by Gasteiger charge is 2.37. The predicted octanol–water partition coefficient (Wildman–Crippen LogP) is 4.09. The molecule has 0 amide bonds. The van der Waals surface area contributed by atoms with Crippen molar-refractivity contribution in [2.75, 3.05) is 13.2 Å². The molecular formula is C19H23NO3S. The summed E-state index contributed by atoms with van der Waals surface area (Å²) in [4.78, 5) is 16.2. The van der Waals surface area contributed by atoms with Crippen molar-refractivity contribution in [3.05, 3.63) is 51.7 Å². The summed E-state index contributed by atoms with van der Waals surface area (Å²) in [6, 6.07) is 11.9. The lowest BCUT2D eigenvalue weighted by atomic mass is 10.0. The molecule has 1 aliphatic heterocycles. The average Bonchev–Trinajstić information content (AvgIpc) is 3.19. The molecule has 3 rings (SSSR count). The second-order valence-electron chi connectivity index (χ2n) is 6.09. The van der Waals surface area contributed by atoms with Crippen LogP contribution in [-0.2, 0) is 4.79 Å². The Kier molecular flexibility index (Phi) is 5.21. The second kappa shape index (κ2) is 7.36. The van der Waals surface area contributed by atoms with E-state index in [4.69, 9.17) is 4.74 Å². The van der Waals surface area contributed by atoms with Crippen LogP contribution in [0.1, 0.15) is 41.1 Å². The van der Waals surface area contributed by atoms with Gasteiger partial charge in [-0.3, -0.25) is 9.69 Å². The summed E-state index contributed by atoms with van der Waals surface area (Å²) in [6.45, 7) is 5.50. The molecule has 2 aromatic rings. The van der Waals surface area contributed by atoms with Gasteiger partial charge in [0.2, 0.25) is 0 Å². The maximum atomic E-state index is 11.7. The fourth-order valence-corrected chi connectivity index (χ4v) is 4.42. The number of carboxylic acids is 1. The predicted molar refractivity (Wildman–Crippen MR) is 95.9 cm³/mol. The van der Waals surface area contributed by atoms with Crippen molar-refractivity contribution in [3.8, 4) is 5.75 Å². The highest BCUT2D eigenvalue weighted by atomic mass is 32.1. The summed E-state index contributed by atoms with van der Waals surface area (Å²) >= 11 is 1.74. The van der Waals surface area contributed by atoms with E-state index < -0.39 is 12.0 Å². The lowest BCUT2D eigenvalue weighted by molar-refractivity contribution is -0.142. The van der Waals surface area contributed by atoms with E-state index >= 15 is 0 Å². The van der Waals surface area contributed by atoms with Gasteiger partial charge in [0, 0.05) is 16.3 Å². The molecule has 0 bridgehead atoms. The molecule has 0 spiro atoms. The number of likely N-dealkylation sites (tertiary alicyclic amines) is 1. The number of carboxylic acid groups (broad SMARTS) is 1. The van der Waals surface area contributed by atoms with Crippen LogP contribution in [0, 0.1) is 6.92 Å². The molecule has 1 aliphatic rings. The van der Waals surface area contributed by atoms with E-state index in [1.807, 2.05) is 19.1 Å². The molecule has 1 aromatic heterocycles. The zero-order valence-corrected chi connectivity index (χ0v) is 14.9. The standard InChI is InChI=1S/C19H23NO3S/c1-3-23-15-9-7-14(8-10-15)18(17-11-6-13(2)24-17)20-12-4-5-16(20)19(21)22/h6-11,16,18H,3-5,12H2,1-2H3,(H,21,22). The van der Waals surface area contributed by atoms with E-state index in [-0.39, 0.29) is 6.04 Å². The smallest absolute Gasteiger partial charge is 0.320 e. The number of carbonyl (C=O) groups is 1. The lowest BCUT2D eigenvalue weighted by Crippen LogP contribution is -2.38. The number of ether oxygens (including phenoxy) is 1. The minimum absolute atomic E-state index is 0.0111. The van der Waals surface area contributed by atoms with Crippen molar-refractivity contribution in [1.29, 1.82) is 0 Å². The third-order valence-electron chi connectivity index (χ3n) is 4.45. The SMILES string of the molecule is CCOc1ccc(C(c2ccc(C)s2)N2CCCC2C(=O)O)cc1. The van der Waals surface area contributed by atoms with Crippen molar-refractivity contribution in [2.24, 2.45) is 0 Å². The van der Waals surface area contributed by atoms with Gasteiger partial charge in [-0.25, -0.2) is 0 Å². The van der Waals surface area contributed by atoms with Crippen molar-refractivity contribution >= 4 is 17.3 Å². The highest BCUT2D eigenvalue weighted by molar-refractivity contribution is 7.12. The van der Waals surface area contributed by atoms with E-state index in [2.05, 4.69) is 36.1 Å². The monoisotopic (exact) mass is 345 g/mol. The Morgan fingerprint density at radius 1 is 1.33 bits per heavy atom. The van der Waals surface area contributed by atoms with Crippen molar-refractivity contribution in [2.45, 2.75) is 38.8 Å². The van der Waals surface area contributed by atoms with Crippen LogP contribution in [-0.4, -0.2) is 35.2 Å². The average molecular weight is 345 g/mol. The molecule has 1 N–H and O–H groups in total. The zero-order valence-electron chi connectivity index (χ0n) is 14.1. The molecule has 0 saturated carbocycles. The quantitative estimate of drug-likeness (QED) is 0.856. The summed E-state index contributed by atoms with van der Waals surface area (Å²) in [7, 11) is 0. The van der Waals surface area contributed by atoms with Crippen molar-refractivity contribution in [1.82, 2.24) is 4.90 Å². The molecule has 128 valence electrons. The van der Waals surface area contributed by atoms with Crippen LogP contribution >= 0.6 is 11.3 Å². The van der Waals surface area contributed by atoms with Gasteiger partial charge < -0.3 is 9.84 Å². The van der Waals surface area contributed by atoms with Gasteiger partial charge in [-0.15, -0.1) is 11.3 Å². The molecule has 0 aliphatic carbocycles. The molecule has 2 unspecified atom stereocenters. The molecule has 4 nitrogen and oxygen atoms in total. The topological polar surface area (TPSA) is 49.8 Å². The minimum atomic E-state index is -0.725. The molecule has 1 saturated heterocycles. The van der Waals surface area contributed by atoms with E-state index in [1.165, 1.54) is 9.75 Å². The van der Waals surface area contributed by atoms with E-state index in [1.54, 1.807) is 11.3 Å². The Morgan fingerprint density at radius 2 is 2.08 bits per heavy atom. The molecule has 1 fully saturated rings. The van der Waals surface area contributed by atoms with Gasteiger partial charge in [0.15, 0.2) is 0 Å². The van der Waals surface area contributed by atoms with Crippen LogP contribution in [0.5, 0.6) is 5.75 Å². The maximum absolute atomic E-state index is 11.7. The van der Waals surface area contributed by atoms with Crippen LogP contribution in [0.3, 0.4) is 0 Å². The Balaban J connectivity index is 1.97. The molecule has 2 heterocycles. The zero-order chi connectivity index (χ0) is 17.1. The number of aliphatic carboxylic acids is 1. The minimum Gasteiger partial charge on any atom is -0.494 e. The molecule has 5 heteroatoms. The van der Waals surface area contributed by atoms with E-state index in [0.29, 0.717) is 13.0 Å². The Morgan fingerprint density at radius 3 is 2.67 bits per heavy atom. The number of thiophene rings is 1. The third kappa shape index (κ3) is 3.47. The summed E-state index contributed by atoms with van der Waals surface area (Å²) in [5.74, 6) is 0.121. The highest BCUT2D eigenvalue weighted by Crippen LogP contribution is 2.38.